The molecule has 0 aliphatic heterocycles. The highest BCUT2D eigenvalue weighted by Gasteiger charge is 2.24. The van der Waals surface area contributed by atoms with E-state index in [0.717, 1.165) is 11.1 Å². The fourth-order valence-electron chi connectivity index (χ4n) is 2.09. The van der Waals surface area contributed by atoms with E-state index in [2.05, 4.69) is 6.07 Å². The van der Waals surface area contributed by atoms with Crippen molar-refractivity contribution in [1.82, 2.24) is 0 Å². The molecule has 0 aliphatic carbocycles. The van der Waals surface area contributed by atoms with Gasteiger partial charge in [-0.1, -0.05) is 29.8 Å². The minimum Gasteiger partial charge on any atom is -0.493 e. The van der Waals surface area contributed by atoms with Crippen LogP contribution in [0.3, 0.4) is 0 Å². The molecular weight excluding hydrogens is 350 g/mol. The van der Waals surface area contributed by atoms with Gasteiger partial charge in [-0.15, -0.1) is 0 Å². The third-order valence-corrected chi connectivity index (χ3v) is 3.84. The summed E-state index contributed by atoms with van der Waals surface area (Å²) in [6.07, 6.45) is 1.74. The van der Waals surface area contributed by atoms with E-state index in [-0.39, 0.29) is 5.97 Å². The van der Waals surface area contributed by atoms with Crippen molar-refractivity contribution >= 4 is 29.2 Å². The summed E-state index contributed by atoms with van der Waals surface area (Å²) >= 11 is 5.89. The first-order valence-corrected chi connectivity index (χ1v) is 8.40. The maximum atomic E-state index is 12.1. The molecule has 2 aromatic rings. The lowest BCUT2D eigenvalue weighted by Crippen LogP contribution is -2.25. The number of rotatable bonds is 4. The van der Waals surface area contributed by atoms with Crippen LogP contribution in [-0.4, -0.2) is 13.1 Å². The second-order valence-electron chi connectivity index (χ2n) is 6.73. The second kappa shape index (κ2) is 8.07. The van der Waals surface area contributed by atoms with E-state index in [1.807, 2.05) is 0 Å². The van der Waals surface area contributed by atoms with Crippen molar-refractivity contribution in [1.29, 1.82) is 5.26 Å². The SMILES string of the molecule is COc1cc(/C=C(/C#N)c2ccc(Cl)cc2)ccc1OC(=O)C(C)(C)C. The van der Waals surface area contributed by atoms with Gasteiger partial charge in [-0.05, 0) is 62.2 Å². The van der Waals surface area contributed by atoms with Crippen LogP contribution in [0.4, 0.5) is 0 Å². The number of ether oxygens (including phenoxy) is 2. The summed E-state index contributed by atoms with van der Waals surface area (Å²) in [5.41, 5.74) is 1.39. The fraction of sp³-hybridized carbons (Fsp3) is 0.238. The van der Waals surface area contributed by atoms with Crippen LogP contribution in [0.15, 0.2) is 42.5 Å². The van der Waals surface area contributed by atoms with E-state index in [0.29, 0.717) is 22.1 Å². The van der Waals surface area contributed by atoms with Gasteiger partial charge < -0.3 is 9.47 Å². The molecule has 0 radical (unpaired) electrons. The summed E-state index contributed by atoms with van der Waals surface area (Å²) in [7, 11) is 1.50. The standard InChI is InChI=1S/C21H20ClNO3/c1-21(2,3)20(24)26-18-10-5-14(12-19(18)25-4)11-16(13-23)15-6-8-17(22)9-7-15/h5-12H,1-4H3/b16-11-. The molecule has 26 heavy (non-hydrogen) atoms. The van der Waals surface area contributed by atoms with Gasteiger partial charge in [-0.3, -0.25) is 4.79 Å². The van der Waals surface area contributed by atoms with Crippen molar-refractivity contribution in [3.63, 3.8) is 0 Å². The van der Waals surface area contributed by atoms with E-state index in [9.17, 15) is 10.1 Å². The van der Waals surface area contributed by atoms with Gasteiger partial charge in [0.25, 0.3) is 0 Å². The van der Waals surface area contributed by atoms with E-state index in [4.69, 9.17) is 21.1 Å². The summed E-state index contributed by atoms with van der Waals surface area (Å²) in [4.78, 5) is 12.1. The fourth-order valence-corrected chi connectivity index (χ4v) is 2.21. The topological polar surface area (TPSA) is 59.3 Å². The molecule has 0 N–H and O–H groups in total. The van der Waals surface area contributed by atoms with Gasteiger partial charge in [0.1, 0.15) is 0 Å². The molecule has 2 rings (SSSR count). The Morgan fingerprint density at radius 2 is 1.77 bits per heavy atom. The highest BCUT2D eigenvalue weighted by atomic mass is 35.5. The van der Waals surface area contributed by atoms with Crippen LogP contribution in [-0.2, 0) is 4.79 Å². The third kappa shape index (κ3) is 4.87. The van der Waals surface area contributed by atoms with E-state index >= 15 is 0 Å². The van der Waals surface area contributed by atoms with Crippen LogP contribution < -0.4 is 9.47 Å². The Morgan fingerprint density at radius 3 is 2.31 bits per heavy atom. The van der Waals surface area contributed by atoms with Gasteiger partial charge in [0.05, 0.1) is 24.2 Å². The molecule has 0 spiro atoms. The van der Waals surface area contributed by atoms with Crippen LogP contribution >= 0.6 is 11.6 Å². The summed E-state index contributed by atoms with van der Waals surface area (Å²) < 4.78 is 10.8. The first-order chi connectivity index (χ1) is 12.2. The second-order valence-corrected chi connectivity index (χ2v) is 7.16. The molecular formula is C21H20ClNO3. The van der Waals surface area contributed by atoms with Gasteiger partial charge in [-0.2, -0.15) is 5.26 Å². The number of hydrogen-bond acceptors (Lipinski definition) is 4. The molecule has 0 fully saturated rings. The number of allylic oxidation sites excluding steroid dienone is 1. The van der Waals surface area contributed by atoms with E-state index < -0.39 is 5.41 Å². The molecule has 0 saturated carbocycles. The number of nitrogens with zero attached hydrogens (tertiary/aromatic N) is 1. The quantitative estimate of drug-likeness (QED) is 0.315. The first kappa shape index (κ1) is 19.6. The number of halogens is 1. The molecule has 0 saturated heterocycles. The van der Waals surface area contributed by atoms with Gasteiger partial charge in [0.2, 0.25) is 0 Å². The largest absolute Gasteiger partial charge is 0.493 e. The molecule has 5 heteroatoms. The maximum Gasteiger partial charge on any atom is 0.316 e. The van der Waals surface area contributed by atoms with Gasteiger partial charge in [0, 0.05) is 5.02 Å². The molecule has 4 nitrogen and oxygen atoms in total. The van der Waals surface area contributed by atoms with Crippen molar-refractivity contribution in [2.24, 2.45) is 5.41 Å². The normalized spacial score (nSPS) is 11.6. The molecule has 0 bridgehead atoms. The molecule has 0 aromatic heterocycles. The summed E-state index contributed by atoms with van der Waals surface area (Å²) in [5.74, 6) is 0.414. The van der Waals surface area contributed by atoms with Crippen LogP contribution in [0.5, 0.6) is 11.5 Å². The van der Waals surface area contributed by atoms with Crippen LogP contribution in [0.1, 0.15) is 31.9 Å². The Kier molecular flexibility index (Phi) is 6.07. The zero-order chi connectivity index (χ0) is 19.3. The highest BCUT2D eigenvalue weighted by molar-refractivity contribution is 6.30. The Hall–Kier alpha value is -2.77. The Bertz CT molecular complexity index is 872. The molecule has 0 heterocycles. The number of hydrogen-bond donors (Lipinski definition) is 0. The highest BCUT2D eigenvalue weighted by Crippen LogP contribution is 2.31. The predicted octanol–water partition coefficient (Wildman–Crippen LogP) is 5.36. The molecule has 134 valence electrons. The van der Waals surface area contributed by atoms with Crippen molar-refractivity contribution in [2.75, 3.05) is 7.11 Å². The lowest BCUT2D eigenvalue weighted by atomic mass is 9.97. The number of methoxy groups -OCH3 is 1. The third-order valence-electron chi connectivity index (χ3n) is 3.59. The van der Waals surface area contributed by atoms with Crippen molar-refractivity contribution in [2.45, 2.75) is 20.8 Å². The first-order valence-electron chi connectivity index (χ1n) is 8.02. The number of carbonyl (C=O) groups excluding carboxylic acids is 1. The molecule has 2 aromatic carbocycles. The van der Waals surface area contributed by atoms with Crippen molar-refractivity contribution in [3.05, 3.63) is 58.6 Å². The Morgan fingerprint density at radius 1 is 1.12 bits per heavy atom. The van der Waals surface area contributed by atoms with Gasteiger partial charge in [-0.25, -0.2) is 0 Å². The number of benzene rings is 2. The zero-order valence-corrected chi connectivity index (χ0v) is 15.9. The van der Waals surface area contributed by atoms with Crippen LogP contribution in [0, 0.1) is 16.7 Å². The summed E-state index contributed by atoms with van der Waals surface area (Å²) in [6.45, 7) is 5.35. The monoisotopic (exact) mass is 369 g/mol. The lowest BCUT2D eigenvalue weighted by Gasteiger charge is -2.17. The number of nitriles is 1. The molecule has 0 aliphatic rings. The average Bonchev–Trinajstić information content (AvgIpc) is 2.60. The van der Waals surface area contributed by atoms with Gasteiger partial charge in [0.15, 0.2) is 11.5 Å². The van der Waals surface area contributed by atoms with Crippen molar-refractivity contribution < 1.29 is 14.3 Å². The number of esters is 1. The maximum absolute atomic E-state index is 12.1. The summed E-state index contributed by atoms with van der Waals surface area (Å²) in [6, 6.07) is 14.4. The van der Waals surface area contributed by atoms with E-state index in [1.54, 1.807) is 69.3 Å². The zero-order valence-electron chi connectivity index (χ0n) is 15.2. The smallest absolute Gasteiger partial charge is 0.316 e. The van der Waals surface area contributed by atoms with Gasteiger partial charge >= 0.3 is 5.97 Å². The van der Waals surface area contributed by atoms with Crippen molar-refractivity contribution in [3.8, 4) is 17.6 Å². The Labute approximate surface area is 158 Å². The minimum atomic E-state index is -0.619. The molecule has 0 unspecified atom stereocenters. The minimum absolute atomic E-state index is 0.342. The molecule has 0 amide bonds. The number of carbonyl (C=O) groups is 1. The average molecular weight is 370 g/mol. The van der Waals surface area contributed by atoms with E-state index in [1.165, 1.54) is 7.11 Å². The van der Waals surface area contributed by atoms with Crippen LogP contribution in [0.25, 0.3) is 11.6 Å². The Balaban J connectivity index is 2.34. The summed E-state index contributed by atoms with van der Waals surface area (Å²) in [5, 5.41) is 10.1. The van der Waals surface area contributed by atoms with Crippen LogP contribution in [0.2, 0.25) is 5.02 Å². The predicted molar refractivity (Wildman–Crippen MR) is 103 cm³/mol. The molecule has 0 atom stereocenters. The lowest BCUT2D eigenvalue weighted by molar-refractivity contribution is -0.143.